The molecule has 2 aliphatic heterocycles. The van der Waals surface area contributed by atoms with Crippen LogP contribution in [0, 0.1) is 11.8 Å². The maximum Gasteiger partial charge on any atom is 0.233 e. The molecule has 6 heteroatoms. The van der Waals surface area contributed by atoms with Crippen LogP contribution in [-0.2, 0) is 16.0 Å². The Labute approximate surface area is 203 Å². The second-order valence-electron chi connectivity index (χ2n) is 9.64. The Kier molecular flexibility index (Phi) is 5.13. The van der Waals surface area contributed by atoms with E-state index in [0.717, 1.165) is 50.5 Å². The molecule has 2 aromatic rings. The van der Waals surface area contributed by atoms with E-state index in [1.807, 2.05) is 18.2 Å². The zero-order valence-corrected chi connectivity index (χ0v) is 19.1. The minimum Gasteiger partial charge on any atom is -0.494 e. The SMILES string of the molecule is [2H]C([2H])(c1c[nH]c2ccc(OCCCCCN3C(=O)C4CCCCC4C3=O)cc12)[C@H]1CCCN1C([2H])([2H])[2H]. The first kappa shape index (κ1) is 17.1. The van der Waals surface area contributed by atoms with Crippen molar-refractivity contribution in [2.24, 2.45) is 11.8 Å². The number of carbonyl (C=O) groups is 2. The van der Waals surface area contributed by atoms with E-state index >= 15 is 0 Å². The predicted molar refractivity (Wildman–Crippen MR) is 129 cm³/mol. The molecule has 1 N–H and O–H groups in total. The summed E-state index contributed by atoms with van der Waals surface area (Å²) < 4.78 is 47.2. The van der Waals surface area contributed by atoms with E-state index in [-0.39, 0.29) is 23.7 Å². The molecular formula is C27H37N3O3. The van der Waals surface area contributed by atoms with Crippen molar-refractivity contribution in [1.82, 2.24) is 14.8 Å². The fourth-order valence-corrected chi connectivity index (χ4v) is 5.60. The standard InChI is InChI=1S/C27H37N3O3/c1-29-13-7-8-20(29)16-19-18-28-25-12-11-21(17-24(19)25)33-15-6-2-5-14-30-26(31)22-9-3-4-10-23(22)27(30)32/h11-12,17-18,20,22-23,28H,2-10,13-16H2,1H3/t20-,22?,23?/m1/s1/i1D3,16D2. The molecule has 2 unspecified atom stereocenters. The highest BCUT2D eigenvalue weighted by atomic mass is 16.5. The highest BCUT2D eigenvalue weighted by Crippen LogP contribution is 2.38. The Morgan fingerprint density at radius 2 is 1.91 bits per heavy atom. The minimum absolute atomic E-state index is 0.0195. The zero-order chi connectivity index (χ0) is 27.1. The van der Waals surface area contributed by atoms with E-state index in [1.165, 1.54) is 9.80 Å². The van der Waals surface area contributed by atoms with Gasteiger partial charge in [0.1, 0.15) is 5.75 Å². The number of hydrogen-bond donors (Lipinski definition) is 1. The molecule has 0 radical (unpaired) electrons. The highest BCUT2D eigenvalue weighted by Gasteiger charge is 2.47. The molecule has 2 amide bonds. The number of nitrogens with zero attached hydrogens (tertiary/aromatic N) is 2. The van der Waals surface area contributed by atoms with Crippen LogP contribution >= 0.6 is 0 Å². The average molecular weight is 457 g/mol. The lowest BCUT2D eigenvalue weighted by Crippen LogP contribution is -2.32. The molecule has 1 aromatic carbocycles. The third-order valence-electron chi connectivity index (χ3n) is 7.46. The fraction of sp³-hybridized carbons (Fsp3) is 0.630. The summed E-state index contributed by atoms with van der Waals surface area (Å²) in [4.78, 5) is 31.1. The molecule has 3 fully saturated rings. The van der Waals surface area contributed by atoms with E-state index in [0.29, 0.717) is 49.2 Å². The second-order valence-corrected chi connectivity index (χ2v) is 9.64. The van der Waals surface area contributed by atoms with Gasteiger partial charge in [0.25, 0.3) is 0 Å². The Bertz CT molecular complexity index is 1160. The van der Waals surface area contributed by atoms with Gasteiger partial charge in [-0.25, -0.2) is 0 Å². The van der Waals surface area contributed by atoms with Crippen LogP contribution in [0.4, 0.5) is 0 Å². The summed E-state index contributed by atoms with van der Waals surface area (Å²) >= 11 is 0. The van der Waals surface area contributed by atoms with Crippen molar-refractivity contribution in [3.63, 3.8) is 0 Å². The van der Waals surface area contributed by atoms with Crippen LogP contribution in [0.15, 0.2) is 24.4 Å². The van der Waals surface area contributed by atoms with E-state index in [4.69, 9.17) is 11.6 Å². The van der Waals surface area contributed by atoms with Crippen LogP contribution in [0.3, 0.4) is 0 Å². The van der Waals surface area contributed by atoms with Crippen LogP contribution in [0.25, 0.3) is 10.9 Å². The quantitative estimate of drug-likeness (QED) is 0.445. The van der Waals surface area contributed by atoms with Gasteiger partial charge in [0.15, 0.2) is 0 Å². The molecule has 33 heavy (non-hydrogen) atoms. The van der Waals surface area contributed by atoms with Crippen LogP contribution in [0.5, 0.6) is 5.75 Å². The summed E-state index contributed by atoms with van der Waals surface area (Å²) in [6.07, 6.45) is 7.05. The molecule has 1 aliphatic carbocycles. The van der Waals surface area contributed by atoms with E-state index in [2.05, 4.69) is 4.98 Å². The molecule has 5 rings (SSSR count). The first-order valence-corrected chi connectivity index (χ1v) is 12.5. The van der Waals surface area contributed by atoms with Gasteiger partial charge in [-0.05, 0) is 88.6 Å². The van der Waals surface area contributed by atoms with Gasteiger partial charge in [0, 0.05) is 36.5 Å². The number of amides is 2. The van der Waals surface area contributed by atoms with Gasteiger partial charge in [-0.3, -0.25) is 14.5 Å². The number of hydrogen-bond acceptors (Lipinski definition) is 4. The molecule has 3 heterocycles. The Balaban J connectivity index is 1.15. The van der Waals surface area contributed by atoms with Gasteiger partial charge in [-0.1, -0.05) is 12.8 Å². The number of unbranched alkanes of at least 4 members (excludes halogenated alkanes) is 2. The first-order valence-electron chi connectivity index (χ1n) is 15.0. The van der Waals surface area contributed by atoms with E-state index < -0.39 is 19.4 Å². The normalized spacial score (nSPS) is 28.9. The summed E-state index contributed by atoms with van der Waals surface area (Å²) in [5.74, 6) is 0.479. The fourth-order valence-electron chi connectivity index (χ4n) is 5.60. The lowest BCUT2D eigenvalue weighted by molar-refractivity contribution is -0.139. The van der Waals surface area contributed by atoms with Gasteiger partial charge < -0.3 is 14.6 Å². The van der Waals surface area contributed by atoms with Crippen molar-refractivity contribution in [3.05, 3.63) is 30.0 Å². The van der Waals surface area contributed by atoms with Gasteiger partial charge in [-0.2, -0.15) is 0 Å². The number of likely N-dealkylation sites (N-methyl/N-ethyl adjacent to an activating group) is 1. The number of imide groups is 1. The third kappa shape index (κ3) is 4.68. The number of aromatic nitrogens is 1. The maximum atomic E-state index is 12.6. The Morgan fingerprint density at radius 1 is 1.09 bits per heavy atom. The van der Waals surface area contributed by atoms with Gasteiger partial charge in [-0.15, -0.1) is 0 Å². The summed E-state index contributed by atoms with van der Waals surface area (Å²) in [6.45, 7) is -1.02. The topological polar surface area (TPSA) is 65.6 Å². The summed E-state index contributed by atoms with van der Waals surface area (Å²) in [6, 6.07) is 4.78. The highest BCUT2D eigenvalue weighted by molar-refractivity contribution is 6.05. The van der Waals surface area contributed by atoms with Crippen LogP contribution in [0.1, 0.15) is 70.2 Å². The molecule has 0 bridgehead atoms. The number of H-pyrrole nitrogens is 1. The number of benzene rings is 1. The minimum atomic E-state index is -2.33. The molecule has 1 aromatic heterocycles. The number of likely N-dealkylation sites (tertiary alicyclic amines) is 2. The van der Waals surface area contributed by atoms with Crippen LogP contribution in [-0.4, -0.2) is 59.3 Å². The molecule has 6 nitrogen and oxygen atoms in total. The molecule has 1 saturated carbocycles. The second kappa shape index (κ2) is 9.88. The molecule has 0 spiro atoms. The van der Waals surface area contributed by atoms with Crippen molar-refractivity contribution >= 4 is 22.7 Å². The summed E-state index contributed by atoms with van der Waals surface area (Å²) in [5, 5.41) is 0.692. The molecule has 3 aliphatic rings. The van der Waals surface area contributed by atoms with Crippen molar-refractivity contribution in [3.8, 4) is 5.75 Å². The average Bonchev–Trinajstić information content (AvgIpc) is 3.60. The number of nitrogens with one attached hydrogen (secondary N) is 1. The Morgan fingerprint density at radius 3 is 2.70 bits per heavy atom. The summed E-state index contributed by atoms with van der Waals surface area (Å²) in [5.41, 5.74) is 1.22. The lowest BCUT2D eigenvalue weighted by Gasteiger charge is -2.19. The smallest absolute Gasteiger partial charge is 0.233 e. The first-order chi connectivity index (χ1) is 18.1. The molecular weight excluding hydrogens is 414 g/mol. The monoisotopic (exact) mass is 456 g/mol. The van der Waals surface area contributed by atoms with Gasteiger partial charge in [0.05, 0.1) is 18.4 Å². The van der Waals surface area contributed by atoms with Crippen molar-refractivity contribution < 1.29 is 21.2 Å². The number of ether oxygens (including phenoxy) is 1. The number of carbonyl (C=O) groups excluding carboxylic acids is 2. The molecule has 3 atom stereocenters. The molecule has 178 valence electrons. The molecule has 2 saturated heterocycles. The van der Waals surface area contributed by atoms with Crippen LogP contribution < -0.4 is 4.74 Å². The van der Waals surface area contributed by atoms with Crippen LogP contribution in [0.2, 0.25) is 0 Å². The van der Waals surface area contributed by atoms with Crippen molar-refractivity contribution in [2.75, 3.05) is 26.7 Å². The zero-order valence-electron chi connectivity index (χ0n) is 24.1. The summed E-state index contributed by atoms with van der Waals surface area (Å²) in [7, 11) is 0. The van der Waals surface area contributed by atoms with Gasteiger partial charge >= 0.3 is 0 Å². The van der Waals surface area contributed by atoms with E-state index in [9.17, 15) is 9.59 Å². The Hall–Kier alpha value is -2.34. The van der Waals surface area contributed by atoms with Crippen molar-refractivity contribution in [2.45, 2.75) is 70.2 Å². The van der Waals surface area contributed by atoms with Gasteiger partial charge in [0.2, 0.25) is 11.8 Å². The number of aromatic amines is 1. The largest absolute Gasteiger partial charge is 0.494 e. The van der Waals surface area contributed by atoms with E-state index in [1.54, 1.807) is 6.20 Å². The third-order valence-corrected chi connectivity index (χ3v) is 7.46. The van der Waals surface area contributed by atoms with Crippen molar-refractivity contribution in [1.29, 1.82) is 0 Å². The lowest BCUT2D eigenvalue weighted by atomic mass is 9.81. The maximum absolute atomic E-state index is 12.6. The number of fused-ring (bicyclic) bond motifs is 2. The predicted octanol–water partition coefficient (Wildman–Crippen LogP) is 4.53. The number of rotatable bonds is 9.